The van der Waals surface area contributed by atoms with Crippen LogP contribution < -0.4 is 10.9 Å². The maximum Gasteiger partial charge on any atom is 0.336 e. The fourth-order valence-corrected chi connectivity index (χ4v) is 2.31. The van der Waals surface area contributed by atoms with Gasteiger partial charge in [0.2, 0.25) is 0 Å². The third-order valence-corrected chi connectivity index (χ3v) is 3.30. The molecule has 0 spiro atoms. The summed E-state index contributed by atoms with van der Waals surface area (Å²) in [6, 6.07) is 6.81. The van der Waals surface area contributed by atoms with E-state index < -0.39 is 0 Å². The van der Waals surface area contributed by atoms with E-state index in [0.29, 0.717) is 18.7 Å². The Bertz CT molecular complexity index is 505. The third-order valence-electron chi connectivity index (χ3n) is 3.30. The summed E-state index contributed by atoms with van der Waals surface area (Å²) >= 11 is 0. The van der Waals surface area contributed by atoms with Gasteiger partial charge < -0.3 is 9.64 Å². The molecule has 0 unspecified atom stereocenters. The average Bonchev–Trinajstić information content (AvgIpc) is 2.44. The maximum atomic E-state index is 12.0. The van der Waals surface area contributed by atoms with Crippen molar-refractivity contribution in [1.82, 2.24) is 15.8 Å². The van der Waals surface area contributed by atoms with E-state index in [4.69, 9.17) is 4.74 Å². The van der Waals surface area contributed by atoms with E-state index in [-0.39, 0.29) is 24.1 Å². The first-order valence-corrected chi connectivity index (χ1v) is 7.03. The zero-order chi connectivity index (χ0) is 15.4. The van der Waals surface area contributed by atoms with Crippen LogP contribution in [0.4, 0.5) is 4.79 Å². The van der Waals surface area contributed by atoms with Crippen LogP contribution in [0.1, 0.15) is 29.8 Å². The number of carbonyl (C=O) groups is 2. The third kappa shape index (κ3) is 4.19. The van der Waals surface area contributed by atoms with Crippen molar-refractivity contribution in [2.24, 2.45) is 0 Å². The number of benzene rings is 1. The lowest BCUT2D eigenvalue weighted by Gasteiger charge is -2.35. The molecule has 0 bridgehead atoms. The first-order valence-electron chi connectivity index (χ1n) is 7.03. The average molecular weight is 291 g/mol. The van der Waals surface area contributed by atoms with Crippen molar-refractivity contribution in [3.8, 4) is 0 Å². The van der Waals surface area contributed by atoms with Gasteiger partial charge in [0.1, 0.15) is 0 Å². The lowest BCUT2D eigenvalue weighted by atomic mass is 10.1. The molecule has 1 aliphatic rings. The quantitative estimate of drug-likeness (QED) is 0.770. The van der Waals surface area contributed by atoms with E-state index in [0.717, 1.165) is 5.56 Å². The molecular formula is C15H21N3O3. The molecule has 1 aromatic carbocycles. The molecule has 1 aliphatic heterocycles. The zero-order valence-electron chi connectivity index (χ0n) is 12.6. The van der Waals surface area contributed by atoms with E-state index in [1.807, 2.05) is 32.9 Å². The molecule has 0 aromatic heterocycles. The summed E-state index contributed by atoms with van der Waals surface area (Å²) in [5.41, 5.74) is 6.44. The van der Waals surface area contributed by atoms with Crippen LogP contribution in [0, 0.1) is 6.92 Å². The molecule has 3 amide bonds. The number of urea groups is 1. The van der Waals surface area contributed by atoms with E-state index >= 15 is 0 Å². The van der Waals surface area contributed by atoms with Gasteiger partial charge in [-0.2, -0.15) is 0 Å². The Kier molecular flexibility index (Phi) is 4.80. The fourth-order valence-electron chi connectivity index (χ4n) is 2.31. The Morgan fingerprint density at radius 1 is 1.10 bits per heavy atom. The van der Waals surface area contributed by atoms with Gasteiger partial charge in [0, 0.05) is 18.7 Å². The summed E-state index contributed by atoms with van der Waals surface area (Å²) in [6.45, 7) is 6.80. The highest BCUT2D eigenvalue weighted by Crippen LogP contribution is 2.10. The summed E-state index contributed by atoms with van der Waals surface area (Å²) in [6.07, 6.45) is -0.0143. The number of nitrogens with one attached hydrogen (secondary N) is 2. The molecule has 6 heteroatoms. The highest BCUT2D eigenvalue weighted by atomic mass is 16.5. The lowest BCUT2D eigenvalue weighted by Crippen LogP contribution is -2.55. The van der Waals surface area contributed by atoms with Crippen molar-refractivity contribution in [2.45, 2.75) is 33.0 Å². The molecule has 21 heavy (non-hydrogen) atoms. The highest BCUT2D eigenvalue weighted by Gasteiger charge is 2.26. The minimum absolute atomic E-state index is 0.00713. The van der Waals surface area contributed by atoms with Gasteiger partial charge >= 0.3 is 6.03 Å². The highest BCUT2D eigenvalue weighted by molar-refractivity contribution is 5.95. The number of carbonyl (C=O) groups excluding carboxylic acids is 2. The molecule has 1 fully saturated rings. The number of hydrogen-bond acceptors (Lipinski definition) is 3. The van der Waals surface area contributed by atoms with Gasteiger partial charge in [-0.15, -0.1) is 0 Å². The zero-order valence-corrected chi connectivity index (χ0v) is 12.6. The monoisotopic (exact) mass is 291 g/mol. The molecule has 1 aromatic rings. The van der Waals surface area contributed by atoms with Gasteiger partial charge in [0.05, 0.1) is 12.2 Å². The molecule has 0 radical (unpaired) electrons. The topological polar surface area (TPSA) is 70.7 Å². The summed E-state index contributed by atoms with van der Waals surface area (Å²) in [5.74, 6) is -0.335. The summed E-state index contributed by atoms with van der Waals surface area (Å²) in [5, 5.41) is 0. The van der Waals surface area contributed by atoms with Crippen LogP contribution in [-0.4, -0.2) is 42.1 Å². The summed E-state index contributed by atoms with van der Waals surface area (Å²) in [7, 11) is 0. The SMILES string of the molecule is Cc1ccc(C(=O)NNC(=O)N2C[C@H](C)O[C@@H](C)C2)cc1. The molecule has 2 atom stereocenters. The predicted octanol–water partition coefficient (Wildman–Crippen LogP) is 1.46. The van der Waals surface area contributed by atoms with Gasteiger partial charge in [-0.1, -0.05) is 17.7 Å². The number of aryl methyl sites for hydroxylation is 1. The summed E-state index contributed by atoms with van der Waals surface area (Å²) in [4.78, 5) is 25.6. The lowest BCUT2D eigenvalue weighted by molar-refractivity contribution is -0.0547. The normalized spacial score (nSPS) is 21.8. The second-order valence-electron chi connectivity index (χ2n) is 5.41. The smallest absolute Gasteiger partial charge is 0.336 e. The van der Waals surface area contributed by atoms with Crippen LogP contribution in [0.3, 0.4) is 0 Å². The van der Waals surface area contributed by atoms with Crippen molar-refractivity contribution in [2.75, 3.05) is 13.1 Å². The van der Waals surface area contributed by atoms with Crippen LogP contribution in [0.2, 0.25) is 0 Å². The Hall–Kier alpha value is -2.08. The second-order valence-corrected chi connectivity index (χ2v) is 5.41. The van der Waals surface area contributed by atoms with Crippen LogP contribution >= 0.6 is 0 Å². The molecule has 6 nitrogen and oxygen atoms in total. The second kappa shape index (κ2) is 6.58. The molecule has 0 saturated carbocycles. The van der Waals surface area contributed by atoms with E-state index in [1.54, 1.807) is 17.0 Å². The van der Waals surface area contributed by atoms with Gasteiger partial charge in [0.25, 0.3) is 5.91 Å². The van der Waals surface area contributed by atoms with Crippen molar-refractivity contribution in [3.05, 3.63) is 35.4 Å². The van der Waals surface area contributed by atoms with E-state index in [2.05, 4.69) is 10.9 Å². The maximum absolute atomic E-state index is 12.0. The van der Waals surface area contributed by atoms with Crippen molar-refractivity contribution >= 4 is 11.9 Å². The summed E-state index contributed by atoms with van der Waals surface area (Å²) < 4.78 is 5.56. The molecule has 0 aliphatic carbocycles. The minimum atomic E-state index is -0.335. The number of ether oxygens (including phenoxy) is 1. The molecule has 1 saturated heterocycles. The van der Waals surface area contributed by atoms with Gasteiger partial charge in [-0.25, -0.2) is 10.2 Å². The number of morpholine rings is 1. The van der Waals surface area contributed by atoms with Crippen LogP contribution in [-0.2, 0) is 4.74 Å². The predicted molar refractivity (Wildman–Crippen MR) is 78.8 cm³/mol. The van der Waals surface area contributed by atoms with Crippen molar-refractivity contribution < 1.29 is 14.3 Å². The van der Waals surface area contributed by atoms with Crippen LogP contribution in [0.5, 0.6) is 0 Å². The van der Waals surface area contributed by atoms with E-state index in [9.17, 15) is 9.59 Å². The van der Waals surface area contributed by atoms with Gasteiger partial charge in [0.15, 0.2) is 0 Å². The molecular weight excluding hydrogens is 270 g/mol. The Morgan fingerprint density at radius 2 is 1.67 bits per heavy atom. The first kappa shape index (κ1) is 15.3. The number of amides is 3. The number of hydrogen-bond donors (Lipinski definition) is 2. The van der Waals surface area contributed by atoms with E-state index in [1.165, 1.54) is 0 Å². The number of hydrazine groups is 1. The number of nitrogens with zero attached hydrogens (tertiary/aromatic N) is 1. The van der Waals surface area contributed by atoms with Crippen LogP contribution in [0.15, 0.2) is 24.3 Å². The fraction of sp³-hybridized carbons (Fsp3) is 0.467. The first-order chi connectivity index (χ1) is 9.95. The minimum Gasteiger partial charge on any atom is -0.372 e. The molecule has 2 rings (SSSR count). The molecule has 1 heterocycles. The van der Waals surface area contributed by atoms with Crippen molar-refractivity contribution in [1.29, 1.82) is 0 Å². The molecule has 114 valence electrons. The van der Waals surface area contributed by atoms with Crippen molar-refractivity contribution in [3.63, 3.8) is 0 Å². The Labute approximate surface area is 124 Å². The Balaban J connectivity index is 1.86. The van der Waals surface area contributed by atoms with Gasteiger partial charge in [-0.05, 0) is 32.9 Å². The van der Waals surface area contributed by atoms with Gasteiger partial charge in [-0.3, -0.25) is 10.2 Å². The molecule has 2 N–H and O–H groups in total. The Morgan fingerprint density at radius 3 is 2.24 bits per heavy atom. The van der Waals surface area contributed by atoms with Crippen LogP contribution in [0.25, 0.3) is 0 Å². The standard InChI is InChI=1S/C15H21N3O3/c1-10-4-6-13(7-5-10)14(19)16-17-15(20)18-8-11(2)21-12(3)9-18/h4-7,11-12H,8-9H2,1-3H3,(H,16,19)(H,17,20)/t11-,12-/m0/s1. The number of rotatable bonds is 1. The largest absolute Gasteiger partial charge is 0.372 e.